The van der Waals surface area contributed by atoms with Crippen molar-refractivity contribution in [1.82, 2.24) is 4.98 Å². The van der Waals surface area contributed by atoms with E-state index in [0.29, 0.717) is 12.0 Å². The maximum Gasteiger partial charge on any atom is 0.128 e. The number of benzene rings is 2. The Kier molecular flexibility index (Phi) is 4.98. The summed E-state index contributed by atoms with van der Waals surface area (Å²) < 4.78 is 11.4. The van der Waals surface area contributed by atoms with Crippen molar-refractivity contribution in [1.29, 1.82) is 0 Å². The molecule has 0 bridgehead atoms. The first-order valence-corrected chi connectivity index (χ1v) is 11.0. The van der Waals surface area contributed by atoms with E-state index >= 15 is 0 Å². The molecule has 0 unspecified atom stereocenters. The van der Waals surface area contributed by atoms with Gasteiger partial charge in [-0.1, -0.05) is 55.8 Å². The molecule has 0 saturated carbocycles. The fourth-order valence-electron chi connectivity index (χ4n) is 4.49. The van der Waals surface area contributed by atoms with E-state index in [1.54, 1.807) is 0 Å². The average molecular weight is 415 g/mol. The van der Waals surface area contributed by atoms with Crippen LogP contribution in [-0.2, 0) is 16.8 Å². The fraction of sp³-hybridized carbons (Fsp3) is 0.370. The van der Waals surface area contributed by atoms with Gasteiger partial charge in [-0.3, -0.25) is 0 Å². The zero-order valence-corrected chi connectivity index (χ0v) is 18.6. The molecular weight excluding hydrogens is 384 g/mol. The number of ether oxygens (including phenoxy) is 2. The largest absolute Gasteiger partial charge is 0.489 e. The van der Waals surface area contributed by atoms with Crippen LogP contribution in [-0.4, -0.2) is 31.3 Å². The fourth-order valence-corrected chi connectivity index (χ4v) is 4.49. The molecule has 0 N–H and O–H groups in total. The molecule has 3 aromatic rings. The van der Waals surface area contributed by atoms with Gasteiger partial charge in [0.15, 0.2) is 0 Å². The van der Waals surface area contributed by atoms with E-state index in [1.807, 2.05) is 12.3 Å². The number of aromatic nitrogens is 1. The van der Waals surface area contributed by atoms with Crippen LogP contribution in [0.15, 0.2) is 66.9 Å². The number of aryl methyl sites for hydroxylation is 1. The van der Waals surface area contributed by atoms with Crippen molar-refractivity contribution in [2.24, 2.45) is 5.41 Å². The zero-order chi connectivity index (χ0) is 21.5. The van der Waals surface area contributed by atoms with Crippen molar-refractivity contribution in [2.45, 2.75) is 32.8 Å². The minimum atomic E-state index is -0.0493. The predicted molar refractivity (Wildman–Crippen MR) is 124 cm³/mol. The molecule has 4 heteroatoms. The van der Waals surface area contributed by atoms with Crippen LogP contribution in [0.2, 0.25) is 0 Å². The average Bonchev–Trinajstić information content (AvgIpc) is 2.71. The highest BCUT2D eigenvalue weighted by Gasteiger charge is 2.49. The van der Waals surface area contributed by atoms with E-state index < -0.39 is 0 Å². The summed E-state index contributed by atoms with van der Waals surface area (Å²) in [6.07, 6.45) is 1.88. The Morgan fingerprint density at radius 2 is 1.61 bits per heavy atom. The molecule has 160 valence electrons. The van der Waals surface area contributed by atoms with Gasteiger partial charge in [0.05, 0.1) is 18.6 Å². The molecule has 2 fully saturated rings. The summed E-state index contributed by atoms with van der Waals surface area (Å²) in [6, 6.07) is 21.5. The summed E-state index contributed by atoms with van der Waals surface area (Å²) in [5.74, 6) is 1.92. The second-order valence-electron chi connectivity index (χ2n) is 9.68. The lowest BCUT2D eigenvalue weighted by Crippen LogP contribution is -2.66. The first-order valence-electron chi connectivity index (χ1n) is 11.0. The van der Waals surface area contributed by atoms with Crippen molar-refractivity contribution in [3.8, 4) is 5.75 Å². The van der Waals surface area contributed by atoms with Gasteiger partial charge in [0.25, 0.3) is 0 Å². The molecule has 2 aromatic carbocycles. The molecule has 2 aliphatic heterocycles. The van der Waals surface area contributed by atoms with E-state index in [4.69, 9.17) is 9.47 Å². The third kappa shape index (κ3) is 3.92. The molecule has 4 nitrogen and oxygen atoms in total. The van der Waals surface area contributed by atoms with Gasteiger partial charge < -0.3 is 14.4 Å². The van der Waals surface area contributed by atoms with Gasteiger partial charge >= 0.3 is 0 Å². The molecular formula is C27H30N2O2. The first-order chi connectivity index (χ1) is 14.9. The van der Waals surface area contributed by atoms with E-state index in [0.717, 1.165) is 43.4 Å². The van der Waals surface area contributed by atoms with E-state index in [-0.39, 0.29) is 5.41 Å². The molecule has 31 heavy (non-hydrogen) atoms. The van der Waals surface area contributed by atoms with Crippen LogP contribution in [0.5, 0.6) is 5.75 Å². The highest BCUT2D eigenvalue weighted by molar-refractivity contribution is 5.46. The number of rotatable bonds is 6. The first kappa shape index (κ1) is 20.1. The van der Waals surface area contributed by atoms with Gasteiger partial charge in [0.2, 0.25) is 0 Å². The summed E-state index contributed by atoms with van der Waals surface area (Å²) in [5, 5.41) is 0. The van der Waals surface area contributed by atoms with Crippen LogP contribution >= 0.6 is 0 Å². The maximum absolute atomic E-state index is 6.07. The normalized spacial score (nSPS) is 17.2. The summed E-state index contributed by atoms with van der Waals surface area (Å²) in [7, 11) is 0. The van der Waals surface area contributed by atoms with Crippen molar-refractivity contribution in [3.63, 3.8) is 0 Å². The molecule has 1 spiro atoms. The molecule has 2 saturated heterocycles. The second kappa shape index (κ2) is 7.69. The van der Waals surface area contributed by atoms with Crippen molar-refractivity contribution in [2.75, 3.05) is 31.2 Å². The Bertz CT molecular complexity index is 1050. The molecule has 0 atom stereocenters. The summed E-state index contributed by atoms with van der Waals surface area (Å²) in [5.41, 5.74) is 5.36. The van der Waals surface area contributed by atoms with Crippen molar-refractivity contribution < 1.29 is 9.47 Å². The molecule has 3 heterocycles. The number of hydrogen-bond donors (Lipinski definition) is 0. The Hall–Kier alpha value is -2.85. The lowest BCUT2D eigenvalue weighted by atomic mass is 9.78. The number of hydrogen-bond acceptors (Lipinski definition) is 4. The number of nitrogens with zero attached hydrogens (tertiary/aromatic N) is 2. The Morgan fingerprint density at radius 3 is 2.23 bits per heavy atom. The Labute approximate surface area is 184 Å². The van der Waals surface area contributed by atoms with Crippen LogP contribution in [0.25, 0.3) is 0 Å². The van der Waals surface area contributed by atoms with Gasteiger partial charge in [-0.05, 0) is 47.9 Å². The van der Waals surface area contributed by atoms with Gasteiger partial charge in [-0.25, -0.2) is 4.98 Å². The van der Waals surface area contributed by atoms with Gasteiger partial charge in [-0.2, -0.15) is 0 Å². The molecule has 0 amide bonds. The lowest BCUT2D eigenvalue weighted by Gasteiger charge is -2.55. The molecule has 0 radical (unpaired) electrons. The van der Waals surface area contributed by atoms with Crippen LogP contribution < -0.4 is 9.64 Å². The van der Waals surface area contributed by atoms with Crippen molar-refractivity contribution in [3.05, 3.63) is 89.1 Å². The third-order valence-corrected chi connectivity index (χ3v) is 6.76. The summed E-state index contributed by atoms with van der Waals surface area (Å²) >= 11 is 0. The van der Waals surface area contributed by atoms with Crippen LogP contribution in [0, 0.1) is 12.3 Å². The van der Waals surface area contributed by atoms with E-state index in [9.17, 15) is 0 Å². The molecule has 2 aliphatic rings. The highest BCUT2D eigenvalue weighted by atomic mass is 16.5. The molecule has 0 aliphatic carbocycles. The van der Waals surface area contributed by atoms with E-state index in [2.05, 4.69) is 85.3 Å². The van der Waals surface area contributed by atoms with Gasteiger partial charge in [-0.15, -0.1) is 0 Å². The summed E-state index contributed by atoms with van der Waals surface area (Å²) in [4.78, 5) is 6.87. The lowest BCUT2D eigenvalue weighted by molar-refractivity contribution is -0.127. The summed E-state index contributed by atoms with van der Waals surface area (Å²) in [6.45, 7) is 11.1. The minimum Gasteiger partial charge on any atom is -0.489 e. The van der Waals surface area contributed by atoms with Gasteiger partial charge in [0.1, 0.15) is 18.2 Å². The van der Waals surface area contributed by atoms with Gasteiger partial charge in [0, 0.05) is 24.7 Å². The SMILES string of the molecule is Cc1ccc(C(C)(C)c2ccc(OCc3ccnc(N4CC5(COC5)C4)c3)cc2)cc1. The monoisotopic (exact) mass is 414 g/mol. The molecule has 1 aromatic heterocycles. The maximum atomic E-state index is 6.07. The quantitative estimate of drug-likeness (QED) is 0.560. The highest BCUT2D eigenvalue weighted by Crippen LogP contribution is 2.39. The van der Waals surface area contributed by atoms with Crippen LogP contribution in [0.1, 0.15) is 36.1 Å². The van der Waals surface area contributed by atoms with Crippen LogP contribution in [0.4, 0.5) is 5.82 Å². The Balaban J connectivity index is 1.21. The van der Waals surface area contributed by atoms with Crippen LogP contribution in [0.3, 0.4) is 0 Å². The topological polar surface area (TPSA) is 34.6 Å². The third-order valence-electron chi connectivity index (χ3n) is 6.76. The second-order valence-corrected chi connectivity index (χ2v) is 9.68. The zero-order valence-electron chi connectivity index (χ0n) is 18.6. The molecule has 5 rings (SSSR count). The smallest absolute Gasteiger partial charge is 0.128 e. The van der Waals surface area contributed by atoms with Crippen molar-refractivity contribution >= 4 is 5.82 Å². The Morgan fingerprint density at radius 1 is 0.968 bits per heavy atom. The predicted octanol–water partition coefficient (Wildman–Crippen LogP) is 5.13. The van der Waals surface area contributed by atoms with E-state index in [1.165, 1.54) is 16.7 Å². The number of anilines is 1. The number of pyridine rings is 1. The standard InChI is InChI=1S/C27H30N2O2/c1-20-4-6-22(7-5-20)26(2,3)23-8-10-24(11-9-23)31-15-21-12-13-28-25(14-21)29-16-27(17-29)18-30-19-27/h4-14H,15-19H2,1-3H3. The minimum absolute atomic E-state index is 0.0493.